The Kier molecular flexibility index (Phi) is 6.53. The van der Waals surface area contributed by atoms with Crippen molar-refractivity contribution in [2.45, 2.75) is 26.6 Å². The molecule has 0 saturated heterocycles. The van der Waals surface area contributed by atoms with Gasteiger partial charge in [-0.05, 0) is 61.2 Å². The van der Waals surface area contributed by atoms with E-state index in [9.17, 15) is 13.2 Å². The van der Waals surface area contributed by atoms with E-state index in [1.807, 2.05) is 31.9 Å². The highest BCUT2D eigenvalue weighted by Crippen LogP contribution is 2.30. The van der Waals surface area contributed by atoms with Crippen LogP contribution in [0.15, 0.2) is 41.4 Å². The molecule has 0 N–H and O–H groups in total. The second kappa shape index (κ2) is 8.45. The minimum absolute atomic E-state index is 0.234. The highest BCUT2D eigenvalue weighted by Gasteiger charge is 2.31. The van der Waals surface area contributed by atoms with Gasteiger partial charge in [-0.15, -0.1) is 13.2 Å². The maximum absolute atomic E-state index is 12.4. The fourth-order valence-electron chi connectivity index (χ4n) is 2.31. The maximum atomic E-state index is 12.4. The summed E-state index contributed by atoms with van der Waals surface area (Å²) in [4.78, 5) is 6.29. The van der Waals surface area contributed by atoms with Gasteiger partial charge in [-0.2, -0.15) is 0 Å². The molecule has 0 fully saturated rings. The molecule has 0 spiro atoms. The highest BCUT2D eigenvalue weighted by molar-refractivity contribution is 6.33. The first kappa shape index (κ1) is 20.1. The number of ether oxygens (including phenoxy) is 1. The van der Waals surface area contributed by atoms with Crippen molar-refractivity contribution >= 4 is 23.6 Å². The van der Waals surface area contributed by atoms with Crippen LogP contribution < -0.4 is 4.74 Å². The van der Waals surface area contributed by atoms with Crippen molar-refractivity contribution in [3.05, 3.63) is 58.1 Å². The summed E-state index contributed by atoms with van der Waals surface area (Å²) >= 11 is 6.31. The smallest absolute Gasteiger partial charge is 0.406 e. The molecule has 0 atom stereocenters. The maximum Gasteiger partial charge on any atom is 0.573 e. The molecule has 2 rings (SSSR count). The lowest BCUT2D eigenvalue weighted by molar-refractivity contribution is -0.274. The van der Waals surface area contributed by atoms with Crippen LogP contribution >= 0.6 is 11.6 Å². The minimum Gasteiger partial charge on any atom is -0.406 e. The predicted molar refractivity (Wildman–Crippen MR) is 98.6 cm³/mol. The number of benzene rings is 2. The molecule has 7 heteroatoms. The molecule has 0 aliphatic carbocycles. The fraction of sp³-hybridized carbons (Fsp3) is 0.316. The third-order valence-corrected chi connectivity index (χ3v) is 4.13. The van der Waals surface area contributed by atoms with Crippen molar-refractivity contribution in [1.29, 1.82) is 0 Å². The van der Waals surface area contributed by atoms with Crippen LogP contribution in [-0.2, 0) is 6.42 Å². The van der Waals surface area contributed by atoms with Crippen molar-refractivity contribution in [2.24, 2.45) is 4.99 Å². The predicted octanol–water partition coefficient (Wildman–Crippen LogP) is 5.75. The van der Waals surface area contributed by atoms with Gasteiger partial charge in [-0.1, -0.05) is 23.7 Å². The first-order chi connectivity index (χ1) is 12.2. The Bertz CT molecular complexity index is 791. The number of aryl methyl sites for hydroxylation is 1. The monoisotopic (exact) mass is 384 g/mol. The molecule has 140 valence electrons. The van der Waals surface area contributed by atoms with Gasteiger partial charge in [0.15, 0.2) is 0 Å². The lowest BCUT2D eigenvalue weighted by Gasteiger charge is -2.12. The van der Waals surface area contributed by atoms with Gasteiger partial charge in [-0.3, -0.25) is 0 Å². The Hall–Kier alpha value is -2.21. The van der Waals surface area contributed by atoms with E-state index < -0.39 is 6.36 Å². The molecule has 2 aromatic carbocycles. The van der Waals surface area contributed by atoms with Crippen LogP contribution in [0.1, 0.15) is 23.6 Å². The number of hydrogen-bond acceptors (Lipinski definition) is 2. The summed E-state index contributed by atoms with van der Waals surface area (Å²) in [6.45, 7) is 4.76. The molecule has 0 unspecified atom stereocenters. The third-order valence-electron chi connectivity index (χ3n) is 3.82. The molecule has 0 bridgehead atoms. The summed E-state index contributed by atoms with van der Waals surface area (Å²) in [6.07, 6.45) is -2.55. The van der Waals surface area contributed by atoms with Gasteiger partial charge < -0.3 is 9.64 Å². The average molecular weight is 385 g/mol. The fourth-order valence-corrected chi connectivity index (χ4v) is 2.55. The van der Waals surface area contributed by atoms with E-state index in [1.165, 1.54) is 18.2 Å². The van der Waals surface area contributed by atoms with E-state index >= 15 is 0 Å². The molecule has 0 aliphatic heterocycles. The zero-order valence-electron chi connectivity index (χ0n) is 14.8. The summed E-state index contributed by atoms with van der Waals surface area (Å²) in [5, 5.41) is 0.494. The first-order valence-corrected chi connectivity index (χ1v) is 8.44. The number of aliphatic imine (C=N–C) groups is 1. The summed E-state index contributed by atoms with van der Waals surface area (Å²) in [5.41, 5.74) is 3.24. The van der Waals surface area contributed by atoms with Crippen LogP contribution in [0.25, 0.3) is 0 Å². The van der Waals surface area contributed by atoms with Gasteiger partial charge in [0.2, 0.25) is 0 Å². The number of rotatable bonds is 6. The number of halogens is 4. The van der Waals surface area contributed by atoms with Gasteiger partial charge in [-0.25, -0.2) is 4.99 Å². The van der Waals surface area contributed by atoms with E-state index in [0.717, 1.165) is 17.7 Å². The Labute approximate surface area is 156 Å². The Balaban J connectivity index is 2.21. The molecule has 0 aliphatic rings. The van der Waals surface area contributed by atoms with Crippen molar-refractivity contribution < 1.29 is 17.9 Å². The van der Waals surface area contributed by atoms with E-state index in [1.54, 1.807) is 18.5 Å². The highest BCUT2D eigenvalue weighted by atomic mass is 35.5. The van der Waals surface area contributed by atoms with E-state index in [4.69, 9.17) is 11.6 Å². The Morgan fingerprint density at radius 3 is 2.62 bits per heavy atom. The number of alkyl halides is 3. The van der Waals surface area contributed by atoms with Crippen molar-refractivity contribution in [3.8, 4) is 5.75 Å². The molecule has 0 heterocycles. The normalized spacial score (nSPS) is 11.8. The Morgan fingerprint density at radius 1 is 1.23 bits per heavy atom. The van der Waals surface area contributed by atoms with Crippen LogP contribution in [0.4, 0.5) is 18.9 Å². The number of hydrogen-bond donors (Lipinski definition) is 0. The third kappa shape index (κ3) is 5.95. The SMILES string of the molecule is CCN(C)/C=N\c1cc(C)c(Cc2cccc(OC(F)(F)F)c2)cc1Cl. The summed E-state index contributed by atoms with van der Waals surface area (Å²) in [7, 11) is 1.91. The molecular weight excluding hydrogens is 365 g/mol. The summed E-state index contributed by atoms with van der Waals surface area (Å²) in [6, 6.07) is 9.61. The standard InChI is InChI=1S/C19H20ClF3N2O/c1-4-25(3)12-24-18-8-13(2)15(11-17(18)20)9-14-6-5-7-16(10-14)26-19(21,22)23/h5-8,10-12H,4,9H2,1-3H3/b24-12-. The quantitative estimate of drug-likeness (QED) is 0.468. The van der Waals surface area contributed by atoms with Gasteiger partial charge >= 0.3 is 6.36 Å². The van der Waals surface area contributed by atoms with Crippen LogP contribution in [0.3, 0.4) is 0 Å². The Morgan fingerprint density at radius 2 is 1.96 bits per heavy atom. The number of nitrogens with zero attached hydrogens (tertiary/aromatic N) is 2. The van der Waals surface area contributed by atoms with Gasteiger partial charge in [0.05, 0.1) is 17.0 Å². The van der Waals surface area contributed by atoms with Gasteiger partial charge in [0, 0.05) is 13.6 Å². The van der Waals surface area contributed by atoms with E-state index in [2.05, 4.69) is 9.73 Å². The summed E-state index contributed by atoms with van der Waals surface area (Å²) in [5.74, 6) is -0.234. The molecule has 3 nitrogen and oxygen atoms in total. The first-order valence-electron chi connectivity index (χ1n) is 8.06. The van der Waals surface area contributed by atoms with Crippen LogP contribution in [0.2, 0.25) is 5.02 Å². The van der Waals surface area contributed by atoms with Gasteiger partial charge in [0.1, 0.15) is 5.75 Å². The molecule has 26 heavy (non-hydrogen) atoms. The van der Waals surface area contributed by atoms with Crippen molar-refractivity contribution in [3.63, 3.8) is 0 Å². The van der Waals surface area contributed by atoms with Gasteiger partial charge in [0.25, 0.3) is 0 Å². The minimum atomic E-state index is -4.71. The van der Waals surface area contributed by atoms with Crippen LogP contribution in [0, 0.1) is 6.92 Å². The van der Waals surface area contributed by atoms with Crippen LogP contribution in [0.5, 0.6) is 5.75 Å². The largest absolute Gasteiger partial charge is 0.573 e. The molecule has 0 saturated carbocycles. The van der Waals surface area contributed by atoms with Crippen LogP contribution in [-0.4, -0.2) is 31.2 Å². The molecule has 2 aromatic rings. The second-order valence-corrected chi connectivity index (χ2v) is 6.33. The molecule has 0 aromatic heterocycles. The molecule has 0 amide bonds. The van der Waals surface area contributed by atoms with Crippen molar-refractivity contribution in [1.82, 2.24) is 4.90 Å². The lowest BCUT2D eigenvalue weighted by Crippen LogP contribution is -2.17. The van der Waals surface area contributed by atoms with E-state index in [0.29, 0.717) is 22.7 Å². The lowest BCUT2D eigenvalue weighted by atomic mass is 10.00. The zero-order chi connectivity index (χ0) is 19.3. The molecular formula is C19H20ClF3N2O. The second-order valence-electron chi connectivity index (χ2n) is 5.92. The summed E-state index contributed by atoms with van der Waals surface area (Å²) < 4.78 is 41.0. The zero-order valence-corrected chi connectivity index (χ0v) is 15.5. The van der Waals surface area contributed by atoms with Crippen molar-refractivity contribution in [2.75, 3.05) is 13.6 Å². The molecule has 0 radical (unpaired) electrons. The topological polar surface area (TPSA) is 24.8 Å². The van der Waals surface area contributed by atoms with E-state index in [-0.39, 0.29) is 5.75 Å². The average Bonchev–Trinajstić information content (AvgIpc) is 2.55.